The number of halogens is 5. The van der Waals surface area contributed by atoms with Gasteiger partial charge in [-0.15, -0.1) is 0 Å². The number of ether oxygens (including phenoxy) is 2. The highest BCUT2D eigenvalue weighted by Gasteiger charge is 2.40. The van der Waals surface area contributed by atoms with Gasteiger partial charge in [0.15, 0.2) is 0 Å². The summed E-state index contributed by atoms with van der Waals surface area (Å²) in [6.45, 7) is 3.17. The standard InChI is InChI=1S/C25H17ClF4O4/c1-13-9-17(10-14(2)21(13)26)33-23-22(31)18-8-7-16(11-20(18)34-24(23)25(28,29)30)32-12-15-5-3-4-6-19(15)27/h3-11H,12H2,1-2H3. The van der Waals surface area contributed by atoms with Gasteiger partial charge in [0.1, 0.15) is 29.5 Å². The molecule has 0 saturated heterocycles. The van der Waals surface area contributed by atoms with Crippen molar-refractivity contribution in [3.63, 3.8) is 0 Å². The fourth-order valence-corrected chi connectivity index (χ4v) is 3.49. The summed E-state index contributed by atoms with van der Waals surface area (Å²) in [4.78, 5) is 13.0. The maximum atomic E-state index is 13.8. The number of aryl methyl sites for hydroxylation is 2. The molecule has 0 saturated carbocycles. The molecule has 0 bridgehead atoms. The van der Waals surface area contributed by atoms with Crippen LogP contribution in [0.5, 0.6) is 17.2 Å². The van der Waals surface area contributed by atoms with E-state index in [0.717, 1.165) is 6.07 Å². The molecule has 0 fully saturated rings. The quantitative estimate of drug-likeness (QED) is 0.269. The van der Waals surface area contributed by atoms with Crippen LogP contribution >= 0.6 is 11.6 Å². The van der Waals surface area contributed by atoms with Crippen molar-refractivity contribution in [3.05, 3.63) is 98.1 Å². The maximum absolute atomic E-state index is 13.8. The summed E-state index contributed by atoms with van der Waals surface area (Å²) in [5, 5.41) is 0.306. The van der Waals surface area contributed by atoms with Crippen LogP contribution in [0, 0.1) is 19.7 Å². The van der Waals surface area contributed by atoms with Crippen LogP contribution in [0.2, 0.25) is 5.02 Å². The molecule has 1 heterocycles. The number of hydrogen-bond donors (Lipinski definition) is 0. The van der Waals surface area contributed by atoms with Crippen molar-refractivity contribution in [2.24, 2.45) is 0 Å². The van der Waals surface area contributed by atoms with E-state index in [9.17, 15) is 22.4 Å². The van der Waals surface area contributed by atoms with Crippen LogP contribution in [0.4, 0.5) is 17.6 Å². The van der Waals surface area contributed by atoms with Crippen molar-refractivity contribution in [1.82, 2.24) is 0 Å². The summed E-state index contributed by atoms with van der Waals surface area (Å²) in [6, 6.07) is 12.6. The molecule has 9 heteroatoms. The summed E-state index contributed by atoms with van der Waals surface area (Å²) >= 11 is 6.11. The van der Waals surface area contributed by atoms with Crippen molar-refractivity contribution in [1.29, 1.82) is 0 Å². The van der Waals surface area contributed by atoms with Crippen molar-refractivity contribution in [3.8, 4) is 17.2 Å². The summed E-state index contributed by atoms with van der Waals surface area (Å²) in [5.74, 6) is -2.93. The lowest BCUT2D eigenvalue weighted by molar-refractivity contribution is -0.154. The molecule has 34 heavy (non-hydrogen) atoms. The Kier molecular flexibility index (Phi) is 6.27. The minimum Gasteiger partial charge on any atom is -0.489 e. The predicted molar refractivity (Wildman–Crippen MR) is 119 cm³/mol. The molecule has 4 nitrogen and oxygen atoms in total. The van der Waals surface area contributed by atoms with Gasteiger partial charge in [0.05, 0.1) is 5.39 Å². The molecule has 0 spiro atoms. The van der Waals surface area contributed by atoms with Crippen LogP contribution in [0.25, 0.3) is 11.0 Å². The molecule has 3 aromatic carbocycles. The van der Waals surface area contributed by atoms with E-state index in [1.54, 1.807) is 19.9 Å². The third-order valence-corrected chi connectivity index (χ3v) is 5.66. The molecule has 0 amide bonds. The SMILES string of the molecule is Cc1cc(Oc2c(C(F)(F)F)oc3cc(OCc4ccccc4F)ccc3c2=O)cc(C)c1Cl. The van der Waals surface area contributed by atoms with Gasteiger partial charge in [-0.1, -0.05) is 29.8 Å². The van der Waals surface area contributed by atoms with E-state index < -0.39 is 28.9 Å². The summed E-state index contributed by atoms with van der Waals surface area (Å²) in [5.41, 5.74) is 0.0649. The Morgan fingerprint density at radius 1 is 0.971 bits per heavy atom. The maximum Gasteiger partial charge on any atom is 0.453 e. The van der Waals surface area contributed by atoms with Crippen LogP contribution in [-0.4, -0.2) is 0 Å². The molecular formula is C25H17ClF4O4. The average molecular weight is 493 g/mol. The first-order valence-electron chi connectivity index (χ1n) is 10.0. The largest absolute Gasteiger partial charge is 0.489 e. The highest BCUT2D eigenvalue weighted by molar-refractivity contribution is 6.32. The lowest BCUT2D eigenvalue weighted by Gasteiger charge is -2.15. The molecule has 1 aromatic heterocycles. The lowest BCUT2D eigenvalue weighted by Crippen LogP contribution is -2.15. The van der Waals surface area contributed by atoms with E-state index in [1.807, 2.05) is 0 Å². The smallest absolute Gasteiger partial charge is 0.453 e. The first-order chi connectivity index (χ1) is 16.0. The topological polar surface area (TPSA) is 48.7 Å². The summed E-state index contributed by atoms with van der Waals surface area (Å²) in [7, 11) is 0. The van der Waals surface area contributed by atoms with Gasteiger partial charge >= 0.3 is 6.18 Å². The summed E-state index contributed by atoms with van der Waals surface area (Å²) in [6.07, 6.45) is -5.01. The molecule has 0 radical (unpaired) electrons. The fourth-order valence-electron chi connectivity index (χ4n) is 3.38. The van der Waals surface area contributed by atoms with Crippen LogP contribution in [0.15, 0.2) is 63.8 Å². The Balaban J connectivity index is 1.75. The Morgan fingerprint density at radius 3 is 2.29 bits per heavy atom. The molecule has 0 unspecified atom stereocenters. The van der Waals surface area contributed by atoms with E-state index in [0.29, 0.717) is 16.1 Å². The highest BCUT2D eigenvalue weighted by atomic mass is 35.5. The minimum atomic E-state index is -5.01. The second kappa shape index (κ2) is 9.02. The predicted octanol–water partition coefficient (Wildman–Crippen LogP) is 7.59. The van der Waals surface area contributed by atoms with Crippen LogP contribution in [-0.2, 0) is 12.8 Å². The number of alkyl halides is 3. The number of hydrogen-bond acceptors (Lipinski definition) is 4. The van der Waals surface area contributed by atoms with Gasteiger partial charge in [0, 0.05) is 16.7 Å². The van der Waals surface area contributed by atoms with Gasteiger partial charge in [-0.2, -0.15) is 13.2 Å². The Labute approximate surface area is 196 Å². The zero-order chi connectivity index (χ0) is 24.6. The molecule has 176 valence electrons. The van der Waals surface area contributed by atoms with Gasteiger partial charge in [0.25, 0.3) is 5.76 Å². The minimum absolute atomic E-state index is 0.0152. The zero-order valence-corrected chi connectivity index (χ0v) is 18.7. The molecule has 0 aliphatic rings. The Morgan fingerprint density at radius 2 is 1.65 bits per heavy atom. The van der Waals surface area contributed by atoms with Gasteiger partial charge in [-0.3, -0.25) is 4.79 Å². The van der Waals surface area contributed by atoms with Crippen molar-refractivity contribution >= 4 is 22.6 Å². The second-order valence-corrected chi connectivity index (χ2v) is 7.98. The first-order valence-corrected chi connectivity index (χ1v) is 10.4. The van der Waals surface area contributed by atoms with E-state index in [1.165, 1.54) is 42.5 Å². The molecular weight excluding hydrogens is 476 g/mol. The van der Waals surface area contributed by atoms with Gasteiger partial charge < -0.3 is 13.9 Å². The van der Waals surface area contributed by atoms with Crippen molar-refractivity contribution in [2.45, 2.75) is 26.6 Å². The molecule has 0 N–H and O–H groups in total. The number of rotatable bonds is 5. The molecule has 0 atom stereocenters. The fraction of sp³-hybridized carbons (Fsp3) is 0.160. The zero-order valence-electron chi connectivity index (χ0n) is 17.9. The van der Waals surface area contributed by atoms with E-state index in [2.05, 4.69) is 0 Å². The average Bonchev–Trinajstić information content (AvgIpc) is 2.77. The second-order valence-electron chi connectivity index (χ2n) is 7.60. The molecule has 0 aliphatic heterocycles. The third kappa shape index (κ3) is 4.72. The Hall–Kier alpha value is -3.52. The van der Waals surface area contributed by atoms with Crippen LogP contribution in [0.1, 0.15) is 22.5 Å². The molecule has 4 aromatic rings. The lowest BCUT2D eigenvalue weighted by atomic mass is 10.1. The number of benzene rings is 3. The van der Waals surface area contributed by atoms with Gasteiger partial charge in [-0.25, -0.2) is 4.39 Å². The van der Waals surface area contributed by atoms with Gasteiger partial charge in [-0.05, 0) is 55.3 Å². The third-order valence-electron chi connectivity index (χ3n) is 5.06. The first kappa shape index (κ1) is 23.6. The summed E-state index contributed by atoms with van der Waals surface area (Å²) < 4.78 is 71.1. The number of fused-ring (bicyclic) bond motifs is 1. The molecule has 0 aliphatic carbocycles. The van der Waals surface area contributed by atoms with Crippen LogP contribution < -0.4 is 14.9 Å². The van der Waals surface area contributed by atoms with Crippen molar-refractivity contribution < 1.29 is 31.5 Å². The normalized spacial score (nSPS) is 11.6. The van der Waals surface area contributed by atoms with E-state index in [-0.39, 0.29) is 34.6 Å². The van der Waals surface area contributed by atoms with E-state index in [4.69, 9.17) is 25.5 Å². The van der Waals surface area contributed by atoms with E-state index >= 15 is 0 Å². The van der Waals surface area contributed by atoms with Crippen molar-refractivity contribution in [2.75, 3.05) is 0 Å². The Bertz CT molecular complexity index is 1420. The highest BCUT2D eigenvalue weighted by Crippen LogP contribution is 2.39. The monoisotopic (exact) mass is 492 g/mol. The molecule has 4 rings (SSSR count). The van der Waals surface area contributed by atoms with Gasteiger partial charge in [0.2, 0.25) is 11.2 Å². The van der Waals surface area contributed by atoms with Crippen LogP contribution in [0.3, 0.4) is 0 Å².